The van der Waals surface area contributed by atoms with Gasteiger partial charge in [0.15, 0.2) is 0 Å². The van der Waals surface area contributed by atoms with Gasteiger partial charge in [0.2, 0.25) is 0 Å². The summed E-state index contributed by atoms with van der Waals surface area (Å²) in [5, 5.41) is 10.6. The summed E-state index contributed by atoms with van der Waals surface area (Å²) in [4.78, 5) is 15.2. The van der Waals surface area contributed by atoms with E-state index in [2.05, 4.69) is 12.1 Å². The first-order valence-corrected chi connectivity index (χ1v) is 11.1. The van der Waals surface area contributed by atoms with Gasteiger partial charge >= 0.3 is 0 Å². The van der Waals surface area contributed by atoms with E-state index in [1.807, 2.05) is 48.2 Å². The van der Waals surface area contributed by atoms with Crippen LogP contribution >= 0.6 is 0 Å². The topological polar surface area (TPSA) is 85.0 Å². The van der Waals surface area contributed by atoms with Crippen LogP contribution in [0, 0.1) is 6.92 Å². The third kappa shape index (κ3) is 4.92. The van der Waals surface area contributed by atoms with Crippen LogP contribution in [0.3, 0.4) is 0 Å². The van der Waals surface area contributed by atoms with Crippen molar-refractivity contribution >= 4 is 5.91 Å². The molecule has 1 spiro atoms. The van der Waals surface area contributed by atoms with Crippen LogP contribution < -0.4 is 10.5 Å². The zero-order valence-corrected chi connectivity index (χ0v) is 18.1. The summed E-state index contributed by atoms with van der Waals surface area (Å²) < 4.78 is 12.3. The smallest absolute Gasteiger partial charge is 0.257 e. The molecule has 166 valence electrons. The molecular formula is C25H32N2O4. The van der Waals surface area contributed by atoms with Gasteiger partial charge in [0.1, 0.15) is 12.4 Å². The molecule has 2 heterocycles. The molecule has 3 N–H and O–H groups in total. The number of piperidine rings is 1. The highest BCUT2D eigenvalue weighted by atomic mass is 16.5. The van der Waals surface area contributed by atoms with Gasteiger partial charge in [0.25, 0.3) is 5.91 Å². The lowest BCUT2D eigenvalue weighted by molar-refractivity contribution is -0.181. The highest BCUT2D eigenvalue weighted by molar-refractivity contribution is 5.97. The van der Waals surface area contributed by atoms with Crippen molar-refractivity contribution in [1.29, 1.82) is 0 Å². The largest absolute Gasteiger partial charge is 0.491 e. The number of aliphatic hydroxyl groups is 1. The highest BCUT2D eigenvalue weighted by Gasteiger charge is 2.44. The fraction of sp³-hybridized carbons (Fsp3) is 0.480. The Labute approximate surface area is 184 Å². The van der Waals surface area contributed by atoms with Gasteiger partial charge in [0, 0.05) is 32.5 Å². The molecule has 6 nitrogen and oxygen atoms in total. The number of hydrogen-bond donors (Lipinski definition) is 2. The normalized spacial score (nSPS) is 23.0. The molecule has 0 bridgehead atoms. The number of rotatable bonds is 5. The summed E-state index contributed by atoms with van der Waals surface area (Å²) in [6, 6.07) is 15.7. The average molecular weight is 425 g/mol. The summed E-state index contributed by atoms with van der Waals surface area (Å²) in [6.07, 6.45) is 2.15. The van der Waals surface area contributed by atoms with Gasteiger partial charge in [-0.15, -0.1) is 0 Å². The van der Waals surface area contributed by atoms with Crippen molar-refractivity contribution in [2.24, 2.45) is 5.73 Å². The molecule has 2 fully saturated rings. The van der Waals surface area contributed by atoms with Gasteiger partial charge in [0.05, 0.1) is 23.4 Å². The molecule has 0 radical (unpaired) electrons. The second-order valence-corrected chi connectivity index (χ2v) is 8.72. The van der Waals surface area contributed by atoms with Gasteiger partial charge < -0.3 is 25.2 Å². The van der Waals surface area contributed by atoms with Crippen LogP contribution in [0.1, 0.15) is 53.3 Å². The van der Waals surface area contributed by atoms with Crippen LogP contribution in [0.5, 0.6) is 5.75 Å². The molecule has 2 aromatic rings. The van der Waals surface area contributed by atoms with Crippen molar-refractivity contribution in [3.63, 3.8) is 0 Å². The predicted molar refractivity (Wildman–Crippen MR) is 119 cm³/mol. The van der Waals surface area contributed by atoms with Crippen LogP contribution in [0.25, 0.3) is 0 Å². The molecule has 6 heteroatoms. The quantitative estimate of drug-likeness (QED) is 0.770. The van der Waals surface area contributed by atoms with Gasteiger partial charge in [-0.05, 0) is 37.5 Å². The zero-order chi connectivity index (χ0) is 21.8. The van der Waals surface area contributed by atoms with Crippen molar-refractivity contribution in [2.75, 3.05) is 26.2 Å². The van der Waals surface area contributed by atoms with E-state index in [-0.39, 0.29) is 17.6 Å². The van der Waals surface area contributed by atoms with E-state index in [9.17, 15) is 9.90 Å². The van der Waals surface area contributed by atoms with Crippen LogP contribution in [0.4, 0.5) is 0 Å². The SMILES string of the molecule is Cc1ccc(OCCN)c(C(=O)N2CCC3(CC2)C[C@H](O)C[C@H](c2ccccc2)O3)c1. The summed E-state index contributed by atoms with van der Waals surface area (Å²) in [6.45, 7) is 3.93. The summed E-state index contributed by atoms with van der Waals surface area (Å²) in [5.41, 5.74) is 7.87. The second kappa shape index (κ2) is 9.39. The number of aliphatic hydroxyl groups excluding tert-OH is 1. The number of nitrogens with zero attached hydrogens (tertiary/aromatic N) is 1. The fourth-order valence-corrected chi connectivity index (χ4v) is 4.75. The summed E-state index contributed by atoms with van der Waals surface area (Å²) >= 11 is 0. The van der Waals surface area contributed by atoms with Crippen LogP contribution in [-0.4, -0.2) is 53.9 Å². The Hall–Kier alpha value is -2.41. The maximum Gasteiger partial charge on any atom is 0.257 e. The first-order chi connectivity index (χ1) is 15.0. The van der Waals surface area contributed by atoms with E-state index in [1.165, 1.54) is 0 Å². The second-order valence-electron chi connectivity index (χ2n) is 8.72. The molecule has 1 amide bonds. The highest BCUT2D eigenvalue weighted by Crippen LogP contribution is 2.43. The number of hydrogen-bond acceptors (Lipinski definition) is 5. The number of likely N-dealkylation sites (tertiary alicyclic amines) is 1. The maximum absolute atomic E-state index is 13.3. The van der Waals surface area contributed by atoms with Crippen molar-refractivity contribution in [3.8, 4) is 5.75 Å². The molecule has 31 heavy (non-hydrogen) atoms. The molecule has 2 aliphatic heterocycles. The van der Waals surface area contributed by atoms with Crippen molar-refractivity contribution in [3.05, 3.63) is 65.2 Å². The Morgan fingerprint density at radius 3 is 2.68 bits per heavy atom. The molecule has 2 aromatic carbocycles. The third-order valence-corrected chi connectivity index (χ3v) is 6.36. The lowest BCUT2D eigenvalue weighted by Crippen LogP contribution is -2.52. The van der Waals surface area contributed by atoms with E-state index < -0.39 is 6.10 Å². The van der Waals surface area contributed by atoms with Crippen molar-refractivity contribution in [1.82, 2.24) is 4.90 Å². The van der Waals surface area contributed by atoms with Crippen LogP contribution in [-0.2, 0) is 4.74 Å². The lowest BCUT2D eigenvalue weighted by Gasteiger charge is -2.48. The zero-order valence-electron chi connectivity index (χ0n) is 18.1. The first kappa shape index (κ1) is 21.8. The van der Waals surface area contributed by atoms with E-state index in [0.29, 0.717) is 63.2 Å². The molecule has 0 aliphatic carbocycles. The minimum atomic E-state index is -0.394. The predicted octanol–water partition coefficient (Wildman–Crippen LogP) is 3.22. The molecule has 2 saturated heterocycles. The molecule has 4 rings (SSSR count). The first-order valence-electron chi connectivity index (χ1n) is 11.1. The number of ether oxygens (including phenoxy) is 2. The van der Waals surface area contributed by atoms with Crippen molar-refractivity contribution in [2.45, 2.75) is 50.4 Å². The van der Waals surface area contributed by atoms with E-state index in [1.54, 1.807) is 0 Å². The number of carbonyl (C=O) groups is 1. The van der Waals surface area contributed by atoms with E-state index >= 15 is 0 Å². The Bertz CT molecular complexity index is 894. The van der Waals surface area contributed by atoms with Gasteiger partial charge in [-0.3, -0.25) is 4.79 Å². The Balaban J connectivity index is 1.46. The van der Waals surface area contributed by atoms with E-state index in [0.717, 1.165) is 11.1 Å². The number of carbonyl (C=O) groups excluding carboxylic acids is 1. The number of amides is 1. The molecule has 2 aliphatic rings. The maximum atomic E-state index is 13.3. The minimum Gasteiger partial charge on any atom is -0.491 e. The van der Waals surface area contributed by atoms with Crippen LogP contribution in [0.15, 0.2) is 48.5 Å². The number of aryl methyl sites for hydroxylation is 1. The van der Waals surface area contributed by atoms with E-state index in [4.69, 9.17) is 15.2 Å². The standard InChI is InChI=1S/C25H32N2O4/c1-18-7-8-22(30-14-11-26)21(15-18)24(29)27-12-9-25(10-13-27)17-20(28)16-23(31-25)19-5-3-2-4-6-19/h2-8,15,20,23,28H,9-14,16-17,26H2,1H3/t20-,23-/m1/s1. The van der Waals surface area contributed by atoms with Gasteiger partial charge in [-0.1, -0.05) is 42.0 Å². The monoisotopic (exact) mass is 424 g/mol. The van der Waals surface area contributed by atoms with Crippen molar-refractivity contribution < 1.29 is 19.4 Å². The van der Waals surface area contributed by atoms with Gasteiger partial charge in [-0.25, -0.2) is 0 Å². The van der Waals surface area contributed by atoms with Crippen LogP contribution in [0.2, 0.25) is 0 Å². The molecule has 0 saturated carbocycles. The Morgan fingerprint density at radius 1 is 1.23 bits per heavy atom. The van der Waals surface area contributed by atoms with Gasteiger partial charge in [-0.2, -0.15) is 0 Å². The molecule has 0 aromatic heterocycles. The average Bonchev–Trinajstić information content (AvgIpc) is 2.78. The molecular weight excluding hydrogens is 392 g/mol. The fourth-order valence-electron chi connectivity index (χ4n) is 4.75. The summed E-state index contributed by atoms with van der Waals surface area (Å²) in [5.74, 6) is 0.552. The Kier molecular flexibility index (Phi) is 6.60. The summed E-state index contributed by atoms with van der Waals surface area (Å²) in [7, 11) is 0. The number of benzene rings is 2. The molecule has 0 unspecified atom stereocenters. The Morgan fingerprint density at radius 2 is 1.97 bits per heavy atom. The minimum absolute atomic E-state index is 0.0264. The third-order valence-electron chi connectivity index (χ3n) is 6.36. The lowest BCUT2D eigenvalue weighted by atomic mass is 9.80. The number of nitrogens with two attached hydrogens (primary N) is 1. The molecule has 2 atom stereocenters.